The molecule has 7 nitrogen and oxygen atoms in total. The molecule has 2 aliphatic heterocycles. The molecule has 2 unspecified atom stereocenters. The lowest BCUT2D eigenvalue weighted by Gasteiger charge is -2.24. The number of urea groups is 1. The number of non-ortho nitro benzene ring substituents is 1. The van der Waals surface area contributed by atoms with Crippen molar-refractivity contribution >= 4 is 17.4 Å². The van der Waals surface area contributed by atoms with E-state index in [2.05, 4.69) is 10.6 Å². The third-order valence-electron chi connectivity index (χ3n) is 4.14. The fraction of sp³-hybridized carbons (Fsp3) is 0.500. The zero-order valence-electron chi connectivity index (χ0n) is 11.6. The molecule has 2 N–H and O–H groups in total. The standard InChI is InChI=1S/C14H18N4O3/c19-14(16-10-3-5-13(6-4-10)18(20)21)17-8-7-11-1-2-12(9-17)15-11/h3-6,11-12,15H,1-2,7-9H2,(H,16,19). The molecule has 2 saturated heterocycles. The van der Waals surface area contributed by atoms with Crippen molar-refractivity contribution in [3.63, 3.8) is 0 Å². The Labute approximate surface area is 122 Å². The highest BCUT2D eigenvalue weighted by Crippen LogP contribution is 2.21. The fourth-order valence-electron chi connectivity index (χ4n) is 3.00. The minimum atomic E-state index is -0.456. The lowest BCUT2D eigenvalue weighted by molar-refractivity contribution is -0.384. The smallest absolute Gasteiger partial charge is 0.321 e. The summed E-state index contributed by atoms with van der Waals surface area (Å²) in [6.07, 6.45) is 3.29. The average molecular weight is 290 g/mol. The number of nitrogens with one attached hydrogen (secondary N) is 2. The van der Waals surface area contributed by atoms with E-state index in [0.717, 1.165) is 25.9 Å². The second-order valence-electron chi connectivity index (χ2n) is 5.61. The van der Waals surface area contributed by atoms with E-state index >= 15 is 0 Å². The first-order chi connectivity index (χ1) is 10.1. The molecule has 0 spiro atoms. The highest BCUT2D eigenvalue weighted by Gasteiger charge is 2.31. The van der Waals surface area contributed by atoms with Crippen molar-refractivity contribution < 1.29 is 9.72 Å². The van der Waals surface area contributed by atoms with Gasteiger partial charge in [0, 0.05) is 43.0 Å². The van der Waals surface area contributed by atoms with Gasteiger partial charge in [-0.05, 0) is 31.4 Å². The number of fused-ring (bicyclic) bond motifs is 2. The van der Waals surface area contributed by atoms with Gasteiger partial charge >= 0.3 is 6.03 Å². The zero-order valence-corrected chi connectivity index (χ0v) is 11.6. The number of amides is 2. The number of hydrogen-bond donors (Lipinski definition) is 2. The Morgan fingerprint density at radius 2 is 1.95 bits per heavy atom. The number of nitro groups is 1. The van der Waals surface area contributed by atoms with Crippen LogP contribution in [0.15, 0.2) is 24.3 Å². The predicted molar refractivity (Wildman–Crippen MR) is 78.3 cm³/mol. The molecule has 21 heavy (non-hydrogen) atoms. The second kappa shape index (κ2) is 5.69. The van der Waals surface area contributed by atoms with E-state index in [9.17, 15) is 14.9 Å². The van der Waals surface area contributed by atoms with E-state index in [0.29, 0.717) is 17.8 Å². The average Bonchev–Trinajstić information content (AvgIpc) is 2.78. The molecule has 7 heteroatoms. The summed E-state index contributed by atoms with van der Waals surface area (Å²) in [5, 5.41) is 16.9. The van der Waals surface area contributed by atoms with Gasteiger partial charge in [-0.1, -0.05) is 0 Å². The number of rotatable bonds is 2. The van der Waals surface area contributed by atoms with Crippen molar-refractivity contribution in [2.24, 2.45) is 0 Å². The Kier molecular flexibility index (Phi) is 3.74. The maximum Gasteiger partial charge on any atom is 0.321 e. The monoisotopic (exact) mass is 290 g/mol. The summed E-state index contributed by atoms with van der Waals surface area (Å²) in [5.74, 6) is 0. The Balaban J connectivity index is 1.61. The fourth-order valence-corrected chi connectivity index (χ4v) is 3.00. The van der Waals surface area contributed by atoms with E-state index in [4.69, 9.17) is 0 Å². The summed E-state index contributed by atoms with van der Waals surface area (Å²) in [6, 6.07) is 6.67. The van der Waals surface area contributed by atoms with E-state index < -0.39 is 4.92 Å². The van der Waals surface area contributed by atoms with Gasteiger partial charge in [0.25, 0.3) is 5.69 Å². The van der Waals surface area contributed by atoms with Crippen LogP contribution in [0, 0.1) is 10.1 Å². The van der Waals surface area contributed by atoms with Gasteiger partial charge in [0.15, 0.2) is 0 Å². The molecule has 0 aliphatic carbocycles. The van der Waals surface area contributed by atoms with Crippen molar-refractivity contribution in [2.75, 3.05) is 18.4 Å². The molecule has 2 aliphatic rings. The van der Waals surface area contributed by atoms with Crippen molar-refractivity contribution in [1.82, 2.24) is 10.2 Å². The van der Waals surface area contributed by atoms with Gasteiger partial charge in [-0.15, -0.1) is 0 Å². The summed E-state index contributed by atoms with van der Waals surface area (Å²) in [4.78, 5) is 24.2. The minimum Gasteiger partial charge on any atom is -0.323 e. The predicted octanol–water partition coefficient (Wildman–Crippen LogP) is 1.95. The molecular formula is C14H18N4O3. The van der Waals surface area contributed by atoms with Crippen LogP contribution in [0.5, 0.6) is 0 Å². The van der Waals surface area contributed by atoms with Crippen LogP contribution in [0.25, 0.3) is 0 Å². The molecule has 2 fully saturated rings. The number of hydrogen-bond acceptors (Lipinski definition) is 4. The molecule has 0 aromatic heterocycles. The molecule has 112 valence electrons. The number of carbonyl (C=O) groups excluding carboxylic acids is 1. The molecule has 1 aromatic carbocycles. The van der Waals surface area contributed by atoms with E-state index in [-0.39, 0.29) is 11.7 Å². The molecule has 2 atom stereocenters. The quantitative estimate of drug-likeness (QED) is 0.643. The van der Waals surface area contributed by atoms with Crippen molar-refractivity contribution in [2.45, 2.75) is 31.3 Å². The summed E-state index contributed by atoms with van der Waals surface area (Å²) in [7, 11) is 0. The lowest BCUT2D eigenvalue weighted by Crippen LogP contribution is -2.41. The molecular weight excluding hydrogens is 272 g/mol. The number of benzene rings is 1. The number of likely N-dealkylation sites (tertiary alicyclic amines) is 1. The van der Waals surface area contributed by atoms with E-state index in [1.54, 1.807) is 12.1 Å². The first kappa shape index (κ1) is 13.8. The number of anilines is 1. The first-order valence-electron chi connectivity index (χ1n) is 7.18. The van der Waals surface area contributed by atoms with Crippen LogP contribution in [0.3, 0.4) is 0 Å². The van der Waals surface area contributed by atoms with Gasteiger partial charge in [-0.3, -0.25) is 10.1 Å². The summed E-state index contributed by atoms with van der Waals surface area (Å²) < 4.78 is 0. The molecule has 2 heterocycles. The molecule has 0 radical (unpaired) electrons. The Morgan fingerprint density at radius 1 is 1.24 bits per heavy atom. The van der Waals surface area contributed by atoms with Crippen molar-refractivity contribution in [3.8, 4) is 0 Å². The molecule has 3 rings (SSSR count). The minimum absolute atomic E-state index is 0.0179. The SMILES string of the molecule is O=C(Nc1ccc([N+](=O)[O-])cc1)N1CCC2CCC(C1)N2. The number of nitrogens with zero attached hydrogens (tertiary/aromatic N) is 2. The molecule has 2 amide bonds. The summed E-state index contributed by atoms with van der Waals surface area (Å²) >= 11 is 0. The van der Waals surface area contributed by atoms with Crippen LogP contribution in [0.2, 0.25) is 0 Å². The normalized spacial score (nSPS) is 24.5. The lowest BCUT2D eigenvalue weighted by atomic mass is 10.1. The van der Waals surface area contributed by atoms with Gasteiger partial charge in [0.1, 0.15) is 0 Å². The third-order valence-corrected chi connectivity index (χ3v) is 4.14. The highest BCUT2D eigenvalue weighted by molar-refractivity contribution is 5.89. The van der Waals surface area contributed by atoms with Crippen LogP contribution in [0.4, 0.5) is 16.2 Å². The number of carbonyl (C=O) groups is 1. The molecule has 0 saturated carbocycles. The largest absolute Gasteiger partial charge is 0.323 e. The maximum absolute atomic E-state index is 12.3. The van der Waals surface area contributed by atoms with Crippen LogP contribution in [-0.4, -0.2) is 41.0 Å². The zero-order chi connectivity index (χ0) is 14.8. The van der Waals surface area contributed by atoms with Crippen LogP contribution < -0.4 is 10.6 Å². The van der Waals surface area contributed by atoms with Crippen LogP contribution >= 0.6 is 0 Å². The van der Waals surface area contributed by atoms with E-state index in [1.165, 1.54) is 18.6 Å². The van der Waals surface area contributed by atoms with Gasteiger partial charge in [-0.25, -0.2) is 4.79 Å². The van der Waals surface area contributed by atoms with Crippen LogP contribution in [-0.2, 0) is 0 Å². The van der Waals surface area contributed by atoms with Gasteiger partial charge in [0.05, 0.1) is 4.92 Å². The van der Waals surface area contributed by atoms with Crippen LogP contribution in [0.1, 0.15) is 19.3 Å². The van der Waals surface area contributed by atoms with Crippen molar-refractivity contribution in [1.29, 1.82) is 0 Å². The van der Waals surface area contributed by atoms with Crippen molar-refractivity contribution in [3.05, 3.63) is 34.4 Å². The summed E-state index contributed by atoms with van der Waals surface area (Å²) in [6.45, 7) is 1.46. The van der Waals surface area contributed by atoms with Gasteiger partial charge in [-0.2, -0.15) is 0 Å². The van der Waals surface area contributed by atoms with Gasteiger partial charge < -0.3 is 15.5 Å². The Bertz CT molecular complexity index is 546. The molecule has 1 aromatic rings. The Hall–Kier alpha value is -2.15. The number of nitro benzene ring substituents is 1. The molecule has 2 bridgehead atoms. The topological polar surface area (TPSA) is 87.5 Å². The third kappa shape index (κ3) is 3.13. The first-order valence-corrected chi connectivity index (χ1v) is 7.18. The van der Waals surface area contributed by atoms with Gasteiger partial charge in [0.2, 0.25) is 0 Å². The maximum atomic E-state index is 12.3. The van der Waals surface area contributed by atoms with E-state index in [1.807, 2.05) is 4.90 Å². The Morgan fingerprint density at radius 3 is 2.67 bits per heavy atom. The highest BCUT2D eigenvalue weighted by atomic mass is 16.6. The second-order valence-corrected chi connectivity index (χ2v) is 5.61. The summed E-state index contributed by atoms with van der Waals surface area (Å²) in [5.41, 5.74) is 0.595.